The lowest BCUT2D eigenvalue weighted by molar-refractivity contribution is -0.123. The van der Waals surface area contributed by atoms with Crippen LogP contribution in [0.2, 0.25) is 0 Å². The summed E-state index contributed by atoms with van der Waals surface area (Å²) in [5.41, 5.74) is 0.543. The Morgan fingerprint density at radius 1 is 1.33 bits per heavy atom. The first-order valence-electron chi connectivity index (χ1n) is 7.96. The van der Waals surface area contributed by atoms with E-state index >= 15 is 0 Å². The summed E-state index contributed by atoms with van der Waals surface area (Å²) in [5, 5.41) is 6.41. The molecule has 1 aromatic rings. The monoisotopic (exact) mass is 290 g/mol. The van der Waals surface area contributed by atoms with Crippen LogP contribution >= 0.6 is 0 Å². The highest BCUT2D eigenvalue weighted by Crippen LogP contribution is 2.33. The van der Waals surface area contributed by atoms with Crippen molar-refractivity contribution in [2.24, 2.45) is 5.92 Å². The molecular formula is C17H23FN2O. The van der Waals surface area contributed by atoms with Crippen LogP contribution in [-0.2, 0) is 4.79 Å². The third-order valence-electron chi connectivity index (χ3n) is 4.91. The van der Waals surface area contributed by atoms with Gasteiger partial charge in [-0.1, -0.05) is 31.0 Å². The van der Waals surface area contributed by atoms with Gasteiger partial charge in [0.25, 0.3) is 0 Å². The lowest BCUT2D eigenvalue weighted by Crippen LogP contribution is -2.44. The van der Waals surface area contributed by atoms with Crippen LogP contribution in [0.15, 0.2) is 24.3 Å². The number of carbonyl (C=O) groups is 1. The first kappa shape index (κ1) is 14.5. The molecule has 3 rings (SSSR count). The average molecular weight is 290 g/mol. The highest BCUT2D eigenvalue weighted by molar-refractivity contribution is 5.82. The number of benzene rings is 1. The summed E-state index contributed by atoms with van der Waals surface area (Å²) in [5.74, 6) is 0.372. The molecule has 3 nitrogen and oxygen atoms in total. The summed E-state index contributed by atoms with van der Waals surface area (Å²) in [6.07, 6.45) is 5.86. The van der Waals surface area contributed by atoms with E-state index in [1.807, 2.05) is 6.92 Å². The molecule has 4 atom stereocenters. The Balaban J connectivity index is 1.60. The SMILES string of the molecule is CC(NC(=O)C1CC2CCCCC2N1)c1ccccc1F. The maximum atomic E-state index is 13.7. The Bertz CT molecular complexity index is 505. The van der Waals surface area contributed by atoms with Gasteiger partial charge >= 0.3 is 0 Å². The molecule has 1 heterocycles. The van der Waals surface area contributed by atoms with Crippen LogP contribution in [-0.4, -0.2) is 18.0 Å². The van der Waals surface area contributed by atoms with Gasteiger partial charge in [-0.3, -0.25) is 4.79 Å². The molecule has 0 radical (unpaired) electrons. The molecule has 1 aliphatic heterocycles. The molecule has 0 bridgehead atoms. The van der Waals surface area contributed by atoms with E-state index in [0.29, 0.717) is 17.5 Å². The van der Waals surface area contributed by atoms with Gasteiger partial charge in [0.1, 0.15) is 5.82 Å². The quantitative estimate of drug-likeness (QED) is 0.898. The van der Waals surface area contributed by atoms with Crippen molar-refractivity contribution in [2.45, 2.75) is 57.2 Å². The van der Waals surface area contributed by atoms with Gasteiger partial charge in [0.2, 0.25) is 5.91 Å². The number of hydrogen-bond acceptors (Lipinski definition) is 2. The van der Waals surface area contributed by atoms with Gasteiger partial charge in [-0.15, -0.1) is 0 Å². The zero-order chi connectivity index (χ0) is 14.8. The molecule has 4 heteroatoms. The van der Waals surface area contributed by atoms with Gasteiger partial charge in [-0.2, -0.15) is 0 Å². The molecule has 114 valence electrons. The highest BCUT2D eigenvalue weighted by atomic mass is 19.1. The summed E-state index contributed by atoms with van der Waals surface area (Å²) >= 11 is 0. The minimum Gasteiger partial charge on any atom is -0.348 e. The van der Waals surface area contributed by atoms with E-state index in [1.54, 1.807) is 18.2 Å². The molecule has 1 aromatic carbocycles. The maximum absolute atomic E-state index is 13.7. The fraction of sp³-hybridized carbons (Fsp3) is 0.588. The van der Waals surface area contributed by atoms with E-state index < -0.39 is 0 Å². The third-order valence-corrected chi connectivity index (χ3v) is 4.91. The second kappa shape index (κ2) is 6.14. The molecule has 2 aliphatic rings. The number of halogens is 1. The molecule has 1 saturated heterocycles. The first-order chi connectivity index (χ1) is 10.1. The molecule has 4 unspecified atom stereocenters. The summed E-state index contributed by atoms with van der Waals surface area (Å²) < 4.78 is 13.7. The molecule has 2 N–H and O–H groups in total. The largest absolute Gasteiger partial charge is 0.348 e. The smallest absolute Gasteiger partial charge is 0.237 e. The van der Waals surface area contributed by atoms with Crippen molar-refractivity contribution in [3.63, 3.8) is 0 Å². The Morgan fingerprint density at radius 2 is 2.10 bits per heavy atom. The summed E-state index contributed by atoms with van der Waals surface area (Å²) in [4.78, 5) is 12.4. The van der Waals surface area contributed by atoms with Crippen LogP contribution in [0.4, 0.5) is 4.39 Å². The van der Waals surface area contributed by atoms with E-state index in [2.05, 4.69) is 10.6 Å². The van der Waals surface area contributed by atoms with Crippen LogP contribution in [0.5, 0.6) is 0 Å². The van der Waals surface area contributed by atoms with Crippen LogP contribution in [0.1, 0.15) is 50.6 Å². The van der Waals surface area contributed by atoms with Gasteiger partial charge in [0.05, 0.1) is 12.1 Å². The highest BCUT2D eigenvalue weighted by Gasteiger charge is 2.38. The number of hydrogen-bond donors (Lipinski definition) is 2. The number of nitrogens with one attached hydrogen (secondary N) is 2. The molecule has 1 amide bonds. The molecule has 0 spiro atoms. The number of fused-ring (bicyclic) bond motifs is 1. The zero-order valence-corrected chi connectivity index (χ0v) is 12.4. The van der Waals surface area contributed by atoms with Gasteiger partial charge in [-0.05, 0) is 38.2 Å². The van der Waals surface area contributed by atoms with Crippen molar-refractivity contribution in [3.05, 3.63) is 35.6 Å². The van der Waals surface area contributed by atoms with Gasteiger partial charge in [0, 0.05) is 11.6 Å². The minimum atomic E-state index is -0.303. The minimum absolute atomic E-state index is 0.000142. The van der Waals surface area contributed by atoms with Crippen molar-refractivity contribution in [3.8, 4) is 0 Å². The van der Waals surface area contributed by atoms with Gasteiger partial charge < -0.3 is 10.6 Å². The fourth-order valence-corrected chi connectivity index (χ4v) is 3.74. The second-order valence-electron chi connectivity index (χ2n) is 6.36. The number of carbonyl (C=O) groups excluding carboxylic acids is 1. The third kappa shape index (κ3) is 3.10. The van der Waals surface area contributed by atoms with Gasteiger partial charge in [-0.25, -0.2) is 4.39 Å². The fourth-order valence-electron chi connectivity index (χ4n) is 3.74. The normalized spacial score (nSPS) is 29.7. The lowest BCUT2D eigenvalue weighted by Gasteiger charge is -2.24. The van der Waals surface area contributed by atoms with Crippen LogP contribution in [0, 0.1) is 11.7 Å². The van der Waals surface area contributed by atoms with Crippen LogP contribution < -0.4 is 10.6 Å². The summed E-state index contributed by atoms with van der Waals surface area (Å²) in [7, 11) is 0. The number of amides is 1. The molecule has 21 heavy (non-hydrogen) atoms. The van der Waals surface area contributed by atoms with E-state index in [0.717, 1.165) is 6.42 Å². The Hall–Kier alpha value is -1.42. The molecular weight excluding hydrogens is 267 g/mol. The second-order valence-corrected chi connectivity index (χ2v) is 6.36. The van der Waals surface area contributed by atoms with Crippen molar-refractivity contribution in [1.29, 1.82) is 0 Å². The predicted octanol–water partition coefficient (Wildman–Crippen LogP) is 2.92. The average Bonchev–Trinajstić information content (AvgIpc) is 2.91. The first-order valence-corrected chi connectivity index (χ1v) is 7.96. The molecule has 2 fully saturated rings. The predicted molar refractivity (Wildman–Crippen MR) is 80.2 cm³/mol. The molecule has 0 aromatic heterocycles. The van der Waals surface area contributed by atoms with E-state index in [9.17, 15) is 9.18 Å². The van der Waals surface area contributed by atoms with E-state index in [1.165, 1.54) is 31.7 Å². The Kier molecular flexibility index (Phi) is 4.24. The van der Waals surface area contributed by atoms with Gasteiger partial charge in [0.15, 0.2) is 0 Å². The van der Waals surface area contributed by atoms with Crippen molar-refractivity contribution >= 4 is 5.91 Å². The van der Waals surface area contributed by atoms with Crippen LogP contribution in [0.3, 0.4) is 0 Å². The molecule has 1 saturated carbocycles. The Morgan fingerprint density at radius 3 is 2.86 bits per heavy atom. The van der Waals surface area contributed by atoms with Crippen molar-refractivity contribution in [2.75, 3.05) is 0 Å². The topological polar surface area (TPSA) is 41.1 Å². The van der Waals surface area contributed by atoms with Crippen molar-refractivity contribution < 1.29 is 9.18 Å². The standard InChI is InChI=1S/C17H23FN2O/c1-11(13-7-3-4-8-14(13)18)19-17(21)16-10-12-6-2-5-9-15(12)20-16/h3-4,7-8,11-12,15-16,20H,2,5-6,9-10H2,1H3,(H,19,21). The summed E-state index contributed by atoms with van der Waals surface area (Å²) in [6.45, 7) is 1.83. The van der Waals surface area contributed by atoms with Crippen molar-refractivity contribution in [1.82, 2.24) is 10.6 Å². The van der Waals surface area contributed by atoms with E-state index in [4.69, 9.17) is 0 Å². The Labute approximate surface area is 125 Å². The summed E-state index contributed by atoms with van der Waals surface area (Å²) in [6, 6.07) is 6.69. The lowest BCUT2D eigenvalue weighted by atomic mass is 9.85. The van der Waals surface area contributed by atoms with E-state index in [-0.39, 0.29) is 23.8 Å². The zero-order valence-electron chi connectivity index (χ0n) is 12.4. The van der Waals surface area contributed by atoms with Crippen LogP contribution in [0.25, 0.3) is 0 Å². The molecule has 1 aliphatic carbocycles. The maximum Gasteiger partial charge on any atom is 0.237 e. The number of rotatable bonds is 3.